The highest BCUT2D eigenvalue weighted by Crippen LogP contribution is 2.27. The Morgan fingerprint density at radius 2 is 2.17 bits per heavy atom. The molecule has 0 aliphatic carbocycles. The van der Waals surface area contributed by atoms with E-state index in [4.69, 9.17) is 0 Å². The van der Waals surface area contributed by atoms with Gasteiger partial charge in [-0.25, -0.2) is 4.39 Å². The van der Waals surface area contributed by atoms with Crippen LogP contribution in [-0.4, -0.2) is 43.2 Å². The number of nitrogens with zero attached hydrogens (tertiary/aromatic N) is 2. The normalized spacial score (nSPS) is 21.7. The fourth-order valence-corrected chi connectivity index (χ4v) is 2.42. The molecule has 18 heavy (non-hydrogen) atoms. The number of aliphatic hydroxyl groups excluding tert-OH is 1. The Hall–Kier alpha value is -1.13. The van der Waals surface area contributed by atoms with Crippen molar-refractivity contribution in [2.24, 2.45) is 0 Å². The van der Waals surface area contributed by atoms with E-state index < -0.39 is 6.10 Å². The van der Waals surface area contributed by atoms with Gasteiger partial charge >= 0.3 is 0 Å². The SMILES string of the molecule is CC(O)c1ccc(N2CCC(N(C)C)C2)c(F)c1. The molecule has 2 atom stereocenters. The largest absolute Gasteiger partial charge is 0.389 e. The minimum Gasteiger partial charge on any atom is -0.389 e. The van der Waals surface area contributed by atoms with Crippen molar-refractivity contribution in [3.8, 4) is 0 Å². The van der Waals surface area contributed by atoms with Crippen molar-refractivity contribution in [2.75, 3.05) is 32.1 Å². The van der Waals surface area contributed by atoms with Gasteiger partial charge < -0.3 is 14.9 Å². The third-order valence-electron chi connectivity index (χ3n) is 3.69. The van der Waals surface area contributed by atoms with Gasteiger partial charge in [0.15, 0.2) is 0 Å². The van der Waals surface area contributed by atoms with Crippen LogP contribution >= 0.6 is 0 Å². The number of halogens is 1. The van der Waals surface area contributed by atoms with E-state index in [1.807, 2.05) is 0 Å². The lowest BCUT2D eigenvalue weighted by Gasteiger charge is -2.22. The summed E-state index contributed by atoms with van der Waals surface area (Å²) in [4.78, 5) is 4.26. The maximum Gasteiger partial charge on any atom is 0.146 e. The highest BCUT2D eigenvalue weighted by molar-refractivity contribution is 5.50. The molecular formula is C14H21FN2O. The fraction of sp³-hybridized carbons (Fsp3) is 0.571. The van der Waals surface area contributed by atoms with E-state index in [-0.39, 0.29) is 5.82 Å². The summed E-state index contributed by atoms with van der Waals surface area (Å²) in [5, 5.41) is 9.43. The number of rotatable bonds is 3. The molecule has 0 spiro atoms. The Balaban J connectivity index is 2.15. The Morgan fingerprint density at radius 1 is 1.44 bits per heavy atom. The Labute approximate surface area is 108 Å². The first-order valence-corrected chi connectivity index (χ1v) is 6.38. The predicted octanol–water partition coefficient (Wildman–Crippen LogP) is 2.02. The molecule has 1 heterocycles. The van der Waals surface area contributed by atoms with E-state index in [1.165, 1.54) is 6.07 Å². The molecule has 2 unspecified atom stereocenters. The lowest BCUT2D eigenvalue weighted by atomic mass is 10.1. The summed E-state index contributed by atoms with van der Waals surface area (Å²) in [7, 11) is 4.11. The third kappa shape index (κ3) is 2.65. The third-order valence-corrected chi connectivity index (χ3v) is 3.69. The van der Waals surface area contributed by atoms with E-state index in [2.05, 4.69) is 23.9 Å². The zero-order valence-corrected chi connectivity index (χ0v) is 11.2. The van der Waals surface area contributed by atoms with Gasteiger partial charge in [0.25, 0.3) is 0 Å². The minimum atomic E-state index is -0.623. The van der Waals surface area contributed by atoms with Gasteiger partial charge in [0, 0.05) is 19.1 Å². The highest BCUT2D eigenvalue weighted by atomic mass is 19.1. The van der Waals surface area contributed by atoms with E-state index in [9.17, 15) is 9.50 Å². The topological polar surface area (TPSA) is 26.7 Å². The molecule has 0 radical (unpaired) electrons. The summed E-state index contributed by atoms with van der Waals surface area (Å²) in [5.74, 6) is -0.243. The number of hydrogen-bond donors (Lipinski definition) is 1. The summed E-state index contributed by atoms with van der Waals surface area (Å²) in [6.07, 6.45) is 0.437. The molecule has 1 saturated heterocycles. The average molecular weight is 252 g/mol. The van der Waals surface area contributed by atoms with Crippen molar-refractivity contribution in [3.05, 3.63) is 29.6 Å². The molecule has 1 aliphatic heterocycles. The van der Waals surface area contributed by atoms with E-state index in [1.54, 1.807) is 19.1 Å². The zero-order valence-electron chi connectivity index (χ0n) is 11.2. The van der Waals surface area contributed by atoms with Crippen LogP contribution in [0.5, 0.6) is 0 Å². The first-order chi connectivity index (χ1) is 8.49. The molecule has 1 aromatic carbocycles. The maximum atomic E-state index is 14.0. The molecule has 1 N–H and O–H groups in total. The second-order valence-corrected chi connectivity index (χ2v) is 5.24. The summed E-state index contributed by atoms with van der Waals surface area (Å²) in [6.45, 7) is 3.39. The number of anilines is 1. The lowest BCUT2D eigenvalue weighted by molar-refractivity contribution is 0.199. The van der Waals surface area contributed by atoms with Crippen LogP contribution < -0.4 is 4.90 Å². The molecule has 100 valence electrons. The van der Waals surface area contributed by atoms with Gasteiger partial charge in [-0.2, -0.15) is 0 Å². The second-order valence-electron chi connectivity index (χ2n) is 5.24. The Bertz CT molecular complexity index is 420. The number of hydrogen-bond acceptors (Lipinski definition) is 3. The van der Waals surface area contributed by atoms with Crippen LogP contribution in [0.15, 0.2) is 18.2 Å². The van der Waals surface area contributed by atoms with Crippen molar-refractivity contribution >= 4 is 5.69 Å². The Morgan fingerprint density at radius 3 is 2.67 bits per heavy atom. The van der Waals surface area contributed by atoms with Gasteiger partial charge in [-0.15, -0.1) is 0 Å². The summed E-state index contributed by atoms with van der Waals surface area (Å²) >= 11 is 0. The number of benzene rings is 1. The van der Waals surface area contributed by atoms with Crippen molar-refractivity contribution in [2.45, 2.75) is 25.5 Å². The van der Waals surface area contributed by atoms with Crippen LogP contribution in [0, 0.1) is 5.82 Å². The van der Waals surface area contributed by atoms with Crippen LogP contribution in [0.4, 0.5) is 10.1 Å². The molecule has 1 fully saturated rings. The summed E-state index contributed by atoms with van der Waals surface area (Å²) in [6, 6.07) is 5.49. The molecule has 3 nitrogen and oxygen atoms in total. The van der Waals surface area contributed by atoms with Gasteiger partial charge in [0.05, 0.1) is 11.8 Å². The predicted molar refractivity (Wildman–Crippen MR) is 71.3 cm³/mol. The number of aliphatic hydroxyl groups is 1. The van der Waals surface area contributed by atoms with Gasteiger partial charge in [0.2, 0.25) is 0 Å². The quantitative estimate of drug-likeness (QED) is 0.891. The molecule has 2 rings (SSSR count). The van der Waals surface area contributed by atoms with Crippen molar-refractivity contribution in [1.29, 1.82) is 0 Å². The van der Waals surface area contributed by atoms with E-state index in [0.29, 0.717) is 17.3 Å². The highest BCUT2D eigenvalue weighted by Gasteiger charge is 2.25. The average Bonchev–Trinajstić information content (AvgIpc) is 2.78. The molecule has 0 saturated carbocycles. The van der Waals surface area contributed by atoms with Gasteiger partial charge in [0.1, 0.15) is 5.82 Å². The summed E-state index contributed by atoms with van der Waals surface area (Å²) in [5.41, 5.74) is 1.27. The standard InChI is InChI=1S/C14H21FN2O/c1-10(18)11-4-5-14(13(15)8-11)17-7-6-12(9-17)16(2)3/h4-5,8,10,12,18H,6-7,9H2,1-3H3. The van der Waals surface area contributed by atoms with Crippen LogP contribution in [0.1, 0.15) is 25.0 Å². The van der Waals surface area contributed by atoms with Gasteiger partial charge in [-0.05, 0) is 45.1 Å². The van der Waals surface area contributed by atoms with Crippen molar-refractivity contribution in [3.63, 3.8) is 0 Å². The molecular weight excluding hydrogens is 231 g/mol. The first-order valence-electron chi connectivity index (χ1n) is 6.38. The van der Waals surface area contributed by atoms with Gasteiger partial charge in [-0.1, -0.05) is 6.07 Å². The molecule has 0 bridgehead atoms. The number of likely N-dealkylation sites (N-methyl/N-ethyl adjacent to an activating group) is 1. The minimum absolute atomic E-state index is 0.243. The second kappa shape index (κ2) is 5.24. The molecule has 4 heteroatoms. The van der Waals surface area contributed by atoms with E-state index >= 15 is 0 Å². The lowest BCUT2D eigenvalue weighted by Crippen LogP contribution is -2.31. The van der Waals surface area contributed by atoms with Crippen molar-refractivity contribution < 1.29 is 9.50 Å². The monoisotopic (exact) mass is 252 g/mol. The molecule has 0 amide bonds. The van der Waals surface area contributed by atoms with E-state index in [0.717, 1.165) is 19.5 Å². The maximum absolute atomic E-state index is 14.0. The van der Waals surface area contributed by atoms with Crippen LogP contribution in [0.3, 0.4) is 0 Å². The smallest absolute Gasteiger partial charge is 0.146 e. The molecule has 1 aliphatic rings. The van der Waals surface area contributed by atoms with Crippen molar-refractivity contribution in [1.82, 2.24) is 4.90 Å². The Kier molecular flexibility index (Phi) is 3.88. The summed E-state index contributed by atoms with van der Waals surface area (Å²) < 4.78 is 14.0. The van der Waals surface area contributed by atoms with Gasteiger partial charge in [-0.3, -0.25) is 0 Å². The molecule has 1 aromatic rings. The first kappa shape index (κ1) is 13.3. The van der Waals surface area contributed by atoms with Crippen LogP contribution in [0.25, 0.3) is 0 Å². The molecule has 0 aromatic heterocycles. The fourth-order valence-electron chi connectivity index (χ4n) is 2.42. The van der Waals surface area contributed by atoms with Crippen LogP contribution in [-0.2, 0) is 0 Å². The van der Waals surface area contributed by atoms with Crippen LogP contribution in [0.2, 0.25) is 0 Å². The zero-order chi connectivity index (χ0) is 13.3.